The molecule has 3 nitrogen and oxygen atoms in total. The number of aryl methyl sites for hydroxylation is 1. The zero-order valence-corrected chi connectivity index (χ0v) is 17.8. The highest BCUT2D eigenvalue weighted by Gasteiger charge is 2.34. The van der Waals surface area contributed by atoms with Crippen molar-refractivity contribution in [2.45, 2.75) is 12.8 Å². The number of hydrogen-bond acceptors (Lipinski definition) is 4. The average Bonchev–Trinajstić information content (AvgIpc) is 3.45. The number of benzene rings is 2. The van der Waals surface area contributed by atoms with E-state index in [1.54, 1.807) is 23.7 Å². The number of nitrogens with zero attached hydrogens (tertiary/aromatic N) is 1. The van der Waals surface area contributed by atoms with Gasteiger partial charge >= 0.3 is 0 Å². The molecule has 4 heteroatoms. The summed E-state index contributed by atoms with van der Waals surface area (Å²) in [7, 11) is 0. The lowest BCUT2D eigenvalue weighted by Gasteiger charge is -2.13. The molecule has 0 amide bonds. The summed E-state index contributed by atoms with van der Waals surface area (Å²) < 4.78 is 6.23. The Morgan fingerprint density at radius 2 is 1.77 bits per heavy atom. The molecule has 2 heterocycles. The Labute approximate surface area is 185 Å². The van der Waals surface area contributed by atoms with E-state index in [4.69, 9.17) is 4.74 Å². The van der Waals surface area contributed by atoms with Gasteiger partial charge in [0.25, 0.3) is 0 Å². The van der Waals surface area contributed by atoms with Gasteiger partial charge in [-0.05, 0) is 42.0 Å². The molecule has 0 bridgehead atoms. The van der Waals surface area contributed by atoms with Gasteiger partial charge in [-0.3, -0.25) is 9.78 Å². The van der Waals surface area contributed by atoms with Crippen LogP contribution in [0.4, 0.5) is 0 Å². The molecule has 2 aromatic heterocycles. The first-order valence-corrected chi connectivity index (χ1v) is 11.2. The van der Waals surface area contributed by atoms with Crippen LogP contribution in [0.25, 0.3) is 11.1 Å². The molecule has 0 atom stereocenters. The number of Topliss-reactive ketones (excluding diaryl/α,β-unsaturated/α-hetero) is 1. The van der Waals surface area contributed by atoms with Gasteiger partial charge < -0.3 is 4.74 Å². The maximum atomic E-state index is 13.4. The number of carbonyl (C=O) groups is 1. The molecular formula is C27H21NO2S. The van der Waals surface area contributed by atoms with Gasteiger partial charge in [0, 0.05) is 45.1 Å². The van der Waals surface area contributed by atoms with E-state index in [-0.39, 0.29) is 5.78 Å². The van der Waals surface area contributed by atoms with Crippen molar-refractivity contribution in [1.82, 2.24) is 4.98 Å². The molecule has 0 N–H and O–H groups in total. The second-order valence-corrected chi connectivity index (χ2v) is 8.36. The first kappa shape index (κ1) is 19.5. The quantitative estimate of drug-likeness (QED) is 0.327. The van der Waals surface area contributed by atoms with Crippen LogP contribution in [0.2, 0.25) is 0 Å². The number of thiophene rings is 1. The number of ketones is 1. The number of carbonyl (C=O) groups excluding carboxylic acids is 1. The average molecular weight is 424 g/mol. The Hall–Kier alpha value is -3.50. The van der Waals surface area contributed by atoms with E-state index in [9.17, 15) is 4.79 Å². The number of ether oxygens (including phenoxy) is 1. The van der Waals surface area contributed by atoms with Crippen LogP contribution in [-0.4, -0.2) is 17.4 Å². The molecule has 0 spiro atoms. The van der Waals surface area contributed by atoms with Crippen molar-refractivity contribution in [2.24, 2.45) is 0 Å². The molecule has 0 saturated carbocycles. The molecule has 31 heavy (non-hydrogen) atoms. The summed E-state index contributed by atoms with van der Waals surface area (Å²) in [4.78, 5) is 18.7. The van der Waals surface area contributed by atoms with E-state index < -0.39 is 0 Å². The van der Waals surface area contributed by atoms with Crippen LogP contribution in [0.5, 0.6) is 5.75 Å². The Morgan fingerprint density at radius 1 is 0.871 bits per heavy atom. The maximum Gasteiger partial charge on any atom is 0.195 e. The molecule has 0 aliphatic heterocycles. The second kappa shape index (κ2) is 8.70. The number of allylic oxidation sites excluding steroid dienone is 1. The molecule has 0 fully saturated rings. The monoisotopic (exact) mass is 423 g/mol. The van der Waals surface area contributed by atoms with Gasteiger partial charge in [0.1, 0.15) is 5.75 Å². The van der Waals surface area contributed by atoms with Crippen molar-refractivity contribution in [3.05, 3.63) is 118 Å². The topological polar surface area (TPSA) is 39.2 Å². The lowest BCUT2D eigenvalue weighted by atomic mass is 10.00. The Bertz CT molecular complexity index is 1230. The maximum absolute atomic E-state index is 13.4. The van der Waals surface area contributed by atoms with Crippen molar-refractivity contribution < 1.29 is 9.53 Å². The number of rotatable bonds is 7. The molecule has 1 aliphatic rings. The van der Waals surface area contributed by atoms with Crippen LogP contribution in [0.15, 0.2) is 90.6 Å². The van der Waals surface area contributed by atoms with Crippen LogP contribution in [0, 0.1) is 0 Å². The van der Waals surface area contributed by atoms with E-state index in [0.29, 0.717) is 17.7 Å². The van der Waals surface area contributed by atoms with Crippen LogP contribution in [0.3, 0.4) is 0 Å². The summed E-state index contributed by atoms with van der Waals surface area (Å²) in [6.07, 6.45) is 5.36. The SMILES string of the molecule is O=C1C(c2cccnc2)=C(c2cccs2)c2c(OCCCc3ccccc3)cccc21. The zero-order valence-electron chi connectivity index (χ0n) is 17.0. The third kappa shape index (κ3) is 3.82. The predicted octanol–water partition coefficient (Wildman–Crippen LogP) is 6.31. The van der Waals surface area contributed by atoms with E-state index in [0.717, 1.165) is 40.2 Å². The summed E-state index contributed by atoms with van der Waals surface area (Å²) >= 11 is 1.63. The highest BCUT2D eigenvalue weighted by molar-refractivity contribution is 7.11. The first-order chi connectivity index (χ1) is 15.3. The normalized spacial score (nSPS) is 12.8. The van der Waals surface area contributed by atoms with Gasteiger partial charge in [0.2, 0.25) is 0 Å². The minimum atomic E-state index is 0.0288. The molecule has 4 aromatic rings. The molecule has 2 aromatic carbocycles. The molecule has 0 saturated heterocycles. The van der Waals surface area contributed by atoms with Crippen LogP contribution >= 0.6 is 11.3 Å². The Kier molecular flexibility index (Phi) is 5.46. The first-order valence-electron chi connectivity index (χ1n) is 10.4. The van der Waals surface area contributed by atoms with Gasteiger partial charge in [-0.25, -0.2) is 0 Å². The van der Waals surface area contributed by atoms with E-state index >= 15 is 0 Å². The summed E-state index contributed by atoms with van der Waals surface area (Å²) in [5.74, 6) is 0.794. The summed E-state index contributed by atoms with van der Waals surface area (Å²) in [5.41, 5.74) is 5.38. The van der Waals surface area contributed by atoms with E-state index in [1.807, 2.05) is 47.8 Å². The lowest BCUT2D eigenvalue weighted by Crippen LogP contribution is -2.03. The Balaban J connectivity index is 1.49. The molecule has 0 radical (unpaired) electrons. The standard InChI is InChI=1S/C27H21NO2S/c29-27-21-12-4-13-22(30-16-6-10-19-8-2-1-3-9-19)25(21)26(23-14-7-17-31-23)24(27)20-11-5-15-28-18-20/h1-5,7-9,11-15,17-18H,6,10,16H2. The number of pyridine rings is 1. The molecule has 5 rings (SSSR count). The van der Waals surface area contributed by atoms with Crippen LogP contribution in [-0.2, 0) is 6.42 Å². The smallest absolute Gasteiger partial charge is 0.195 e. The number of fused-ring (bicyclic) bond motifs is 1. The Morgan fingerprint density at radius 3 is 2.55 bits per heavy atom. The highest BCUT2D eigenvalue weighted by atomic mass is 32.1. The van der Waals surface area contributed by atoms with Crippen molar-refractivity contribution in [1.29, 1.82) is 0 Å². The van der Waals surface area contributed by atoms with Crippen LogP contribution < -0.4 is 4.74 Å². The van der Waals surface area contributed by atoms with Crippen molar-refractivity contribution in [2.75, 3.05) is 6.61 Å². The fourth-order valence-corrected chi connectivity index (χ4v) is 4.81. The van der Waals surface area contributed by atoms with Gasteiger partial charge in [-0.2, -0.15) is 0 Å². The molecular weight excluding hydrogens is 402 g/mol. The van der Waals surface area contributed by atoms with Gasteiger partial charge in [-0.15, -0.1) is 11.3 Å². The number of hydrogen-bond donors (Lipinski definition) is 0. The molecule has 1 aliphatic carbocycles. The fourth-order valence-electron chi connectivity index (χ4n) is 4.03. The van der Waals surface area contributed by atoms with Gasteiger partial charge in [0.15, 0.2) is 5.78 Å². The lowest BCUT2D eigenvalue weighted by molar-refractivity contribution is 0.105. The minimum Gasteiger partial charge on any atom is -0.493 e. The third-order valence-corrected chi connectivity index (χ3v) is 6.31. The van der Waals surface area contributed by atoms with Gasteiger partial charge in [0.05, 0.1) is 6.61 Å². The van der Waals surface area contributed by atoms with Crippen molar-refractivity contribution in [3.63, 3.8) is 0 Å². The summed E-state index contributed by atoms with van der Waals surface area (Å²) in [6, 6.07) is 24.1. The largest absolute Gasteiger partial charge is 0.493 e. The van der Waals surface area contributed by atoms with Crippen molar-refractivity contribution >= 4 is 28.3 Å². The molecule has 152 valence electrons. The minimum absolute atomic E-state index is 0.0288. The third-order valence-electron chi connectivity index (χ3n) is 5.43. The second-order valence-electron chi connectivity index (χ2n) is 7.41. The van der Waals surface area contributed by atoms with E-state index in [1.165, 1.54) is 5.56 Å². The predicted molar refractivity (Wildman–Crippen MR) is 126 cm³/mol. The van der Waals surface area contributed by atoms with E-state index in [2.05, 4.69) is 35.3 Å². The summed E-state index contributed by atoms with van der Waals surface area (Å²) in [6.45, 7) is 0.597. The highest BCUT2D eigenvalue weighted by Crippen LogP contribution is 2.47. The summed E-state index contributed by atoms with van der Waals surface area (Å²) in [5, 5.41) is 2.04. The fraction of sp³-hybridized carbons (Fsp3) is 0.111. The zero-order chi connectivity index (χ0) is 21.0. The van der Waals surface area contributed by atoms with Crippen molar-refractivity contribution in [3.8, 4) is 5.75 Å². The van der Waals surface area contributed by atoms with Gasteiger partial charge in [-0.1, -0.05) is 54.6 Å². The van der Waals surface area contributed by atoms with Crippen LogP contribution in [0.1, 0.15) is 38.3 Å². The number of aromatic nitrogens is 1. The molecule has 0 unspecified atom stereocenters.